The van der Waals surface area contributed by atoms with E-state index in [9.17, 15) is 13.2 Å². The van der Waals surface area contributed by atoms with Gasteiger partial charge in [0, 0.05) is 19.9 Å². The van der Waals surface area contributed by atoms with Crippen LogP contribution in [0.2, 0.25) is 0 Å². The molecule has 1 aromatic rings. The minimum Gasteiger partial charge on any atom is -0.396 e. The lowest BCUT2D eigenvalue weighted by Crippen LogP contribution is -2.39. The average Bonchev–Trinajstić information content (AvgIpc) is 2.38. The van der Waals surface area contributed by atoms with Gasteiger partial charge in [-0.2, -0.15) is 0 Å². The smallest absolute Gasteiger partial charge is 0.238 e. The number of nitrogens with two attached hydrogens (primary N) is 1. The molecule has 7 nitrogen and oxygen atoms in total. The maximum atomic E-state index is 12.2. The van der Waals surface area contributed by atoms with Crippen LogP contribution in [0.5, 0.6) is 0 Å². The third-order valence-corrected chi connectivity index (χ3v) is 4.54. The standard InChI is InChI=1S/C11H17N3O4S/c1-8(10(15)13-6-7-18-2)19(16,17)11-9(12)4-3-5-14-11/h3-5,8H,6-7,12H2,1-2H3,(H,13,15). The van der Waals surface area contributed by atoms with Crippen LogP contribution in [-0.2, 0) is 19.4 Å². The molecule has 0 aromatic carbocycles. The van der Waals surface area contributed by atoms with E-state index in [0.717, 1.165) is 0 Å². The highest BCUT2D eigenvalue weighted by Crippen LogP contribution is 2.19. The van der Waals surface area contributed by atoms with Crippen molar-refractivity contribution in [2.75, 3.05) is 26.0 Å². The number of sulfone groups is 1. The molecule has 1 atom stereocenters. The van der Waals surface area contributed by atoms with E-state index >= 15 is 0 Å². The quantitative estimate of drug-likeness (QED) is 0.688. The van der Waals surface area contributed by atoms with Crippen molar-refractivity contribution in [3.63, 3.8) is 0 Å². The first-order valence-corrected chi connectivity index (χ1v) is 7.17. The minimum absolute atomic E-state index is 0.0269. The van der Waals surface area contributed by atoms with Crippen molar-refractivity contribution in [1.82, 2.24) is 10.3 Å². The molecule has 0 fully saturated rings. The van der Waals surface area contributed by atoms with Crippen molar-refractivity contribution < 1.29 is 17.9 Å². The molecule has 0 spiro atoms. The molecule has 1 heterocycles. The molecule has 1 unspecified atom stereocenters. The van der Waals surface area contributed by atoms with Crippen LogP contribution in [0.3, 0.4) is 0 Å². The summed E-state index contributed by atoms with van der Waals surface area (Å²) in [7, 11) is -2.41. The molecule has 0 saturated heterocycles. The Kier molecular flexibility index (Phi) is 5.25. The third-order valence-electron chi connectivity index (χ3n) is 2.51. The molecular weight excluding hydrogens is 270 g/mol. The summed E-state index contributed by atoms with van der Waals surface area (Å²) >= 11 is 0. The Bertz CT molecular complexity index is 545. The highest BCUT2D eigenvalue weighted by molar-refractivity contribution is 7.92. The van der Waals surface area contributed by atoms with Crippen LogP contribution >= 0.6 is 0 Å². The van der Waals surface area contributed by atoms with E-state index in [0.29, 0.717) is 6.61 Å². The van der Waals surface area contributed by atoms with E-state index < -0.39 is 21.0 Å². The number of ether oxygens (including phenoxy) is 1. The summed E-state index contributed by atoms with van der Waals surface area (Å²) < 4.78 is 29.1. The number of carbonyl (C=O) groups excluding carboxylic acids is 1. The second-order valence-corrected chi connectivity index (χ2v) is 6.05. The number of carbonyl (C=O) groups is 1. The first-order valence-electron chi connectivity index (χ1n) is 5.62. The maximum absolute atomic E-state index is 12.2. The number of amides is 1. The Balaban J connectivity index is 2.89. The molecule has 0 bridgehead atoms. The van der Waals surface area contributed by atoms with Gasteiger partial charge in [-0.25, -0.2) is 13.4 Å². The molecule has 1 rings (SSSR count). The Labute approximate surface area is 112 Å². The molecule has 1 amide bonds. The van der Waals surface area contributed by atoms with E-state index in [-0.39, 0.29) is 17.3 Å². The van der Waals surface area contributed by atoms with Crippen molar-refractivity contribution >= 4 is 21.4 Å². The van der Waals surface area contributed by atoms with Crippen molar-refractivity contribution in [3.8, 4) is 0 Å². The van der Waals surface area contributed by atoms with E-state index in [4.69, 9.17) is 10.5 Å². The summed E-state index contributed by atoms with van der Waals surface area (Å²) in [6, 6.07) is 2.95. The van der Waals surface area contributed by atoms with Gasteiger partial charge in [0.25, 0.3) is 0 Å². The molecule has 3 N–H and O–H groups in total. The van der Waals surface area contributed by atoms with E-state index in [1.807, 2.05) is 0 Å². The fourth-order valence-electron chi connectivity index (χ4n) is 1.37. The van der Waals surface area contributed by atoms with Gasteiger partial charge in [0.2, 0.25) is 15.7 Å². The number of nitrogen functional groups attached to an aromatic ring is 1. The van der Waals surface area contributed by atoms with Crippen LogP contribution in [0.4, 0.5) is 5.69 Å². The van der Waals surface area contributed by atoms with Gasteiger partial charge >= 0.3 is 0 Å². The van der Waals surface area contributed by atoms with Gasteiger partial charge in [-0.15, -0.1) is 0 Å². The monoisotopic (exact) mass is 287 g/mol. The Morgan fingerprint density at radius 2 is 2.26 bits per heavy atom. The molecule has 0 aliphatic rings. The van der Waals surface area contributed by atoms with E-state index in [1.54, 1.807) is 0 Å². The second-order valence-electron chi connectivity index (χ2n) is 3.87. The molecule has 0 aliphatic carbocycles. The number of hydrogen-bond donors (Lipinski definition) is 2. The second kappa shape index (κ2) is 6.48. The number of pyridine rings is 1. The molecule has 0 saturated carbocycles. The summed E-state index contributed by atoms with van der Waals surface area (Å²) in [6.07, 6.45) is 1.32. The first-order chi connectivity index (χ1) is 8.91. The van der Waals surface area contributed by atoms with Gasteiger partial charge in [-0.1, -0.05) is 0 Å². The van der Waals surface area contributed by atoms with Gasteiger partial charge in [0.15, 0.2) is 5.03 Å². The highest BCUT2D eigenvalue weighted by Gasteiger charge is 2.32. The predicted molar refractivity (Wildman–Crippen MR) is 70.2 cm³/mol. The summed E-state index contributed by atoms with van der Waals surface area (Å²) in [5, 5.41) is 0.931. The van der Waals surface area contributed by atoms with Gasteiger partial charge in [-0.05, 0) is 19.1 Å². The van der Waals surface area contributed by atoms with Gasteiger partial charge in [0.05, 0.1) is 12.3 Å². The zero-order valence-corrected chi connectivity index (χ0v) is 11.6. The molecule has 106 valence electrons. The Hall–Kier alpha value is -1.67. The number of rotatable bonds is 6. The normalized spacial score (nSPS) is 12.9. The number of nitrogens with zero attached hydrogens (tertiary/aromatic N) is 1. The fraction of sp³-hybridized carbons (Fsp3) is 0.455. The Morgan fingerprint density at radius 3 is 2.84 bits per heavy atom. The topological polar surface area (TPSA) is 111 Å². The van der Waals surface area contributed by atoms with Gasteiger partial charge in [-0.3, -0.25) is 4.79 Å². The molecular formula is C11H17N3O4S. The molecule has 19 heavy (non-hydrogen) atoms. The van der Waals surface area contributed by atoms with Crippen molar-refractivity contribution in [1.29, 1.82) is 0 Å². The number of methoxy groups -OCH3 is 1. The van der Waals surface area contributed by atoms with E-state index in [1.165, 1.54) is 32.4 Å². The fourth-order valence-corrected chi connectivity index (χ4v) is 2.67. The molecule has 0 aliphatic heterocycles. The molecule has 1 aromatic heterocycles. The average molecular weight is 287 g/mol. The number of anilines is 1. The van der Waals surface area contributed by atoms with Crippen molar-refractivity contribution in [3.05, 3.63) is 18.3 Å². The molecule has 0 radical (unpaired) electrons. The van der Waals surface area contributed by atoms with Crippen molar-refractivity contribution in [2.45, 2.75) is 17.2 Å². The summed E-state index contributed by atoms with van der Waals surface area (Å²) in [5.41, 5.74) is 5.60. The Morgan fingerprint density at radius 1 is 1.58 bits per heavy atom. The highest BCUT2D eigenvalue weighted by atomic mass is 32.2. The summed E-state index contributed by atoms with van der Waals surface area (Å²) in [6.45, 7) is 1.85. The summed E-state index contributed by atoms with van der Waals surface area (Å²) in [5.74, 6) is -0.609. The zero-order valence-electron chi connectivity index (χ0n) is 10.8. The van der Waals surface area contributed by atoms with Crippen molar-refractivity contribution in [2.24, 2.45) is 0 Å². The number of hydrogen-bond acceptors (Lipinski definition) is 6. The SMILES string of the molecule is COCCNC(=O)C(C)S(=O)(=O)c1ncccc1N. The van der Waals surface area contributed by atoms with Crippen LogP contribution in [0.25, 0.3) is 0 Å². The van der Waals surface area contributed by atoms with E-state index in [2.05, 4.69) is 10.3 Å². The van der Waals surface area contributed by atoms with Crippen LogP contribution in [0.15, 0.2) is 23.4 Å². The molecule has 8 heteroatoms. The lowest BCUT2D eigenvalue weighted by atomic mass is 10.4. The lowest BCUT2D eigenvalue weighted by Gasteiger charge is -2.13. The largest absolute Gasteiger partial charge is 0.396 e. The van der Waals surface area contributed by atoms with Gasteiger partial charge < -0.3 is 15.8 Å². The van der Waals surface area contributed by atoms with Crippen LogP contribution in [0, 0.1) is 0 Å². The predicted octanol–water partition coefficient (Wildman–Crippen LogP) is -0.411. The maximum Gasteiger partial charge on any atom is 0.238 e. The van der Waals surface area contributed by atoms with Crippen LogP contribution < -0.4 is 11.1 Å². The van der Waals surface area contributed by atoms with Crippen LogP contribution in [0.1, 0.15) is 6.92 Å². The first kappa shape index (κ1) is 15.4. The third kappa shape index (κ3) is 3.65. The zero-order chi connectivity index (χ0) is 14.5. The number of nitrogens with one attached hydrogen (secondary N) is 1. The minimum atomic E-state index is -3.89. The van der Waals surface area contributed by atoms with Crippen LogP contribution in [-0.4, -0.2) is 44.8 Å². The summed E-state index contributed by atoms with van der Waals surface area (Å²) in [4.78, 5) is 15.5. The lowest BCUT2D eigenvalue weighted by molar-refractivity contribution is -0.120. The number of aromatic nitrogens is 1. The van der Waals surface area contributed by atoms with Gasteiger partial charge in [0.1, 0.15) is 5.25 Å².